The number of hydrogen-bond donors (Lipinski definition) is 0. The summed E-state index contributed by atoms with van der Waals surface area (Å²) in [7, 11) is 1.70. The molecule has 38 heavy (non-hydrogen) atoms. The summed E-state index contributed by atoms with van der Waals surface area (Å²) in [5, 5.41) is 5.84. The number of benzene rings is 2. The summed E-state index contributed by atoms with van der Waals surface area (Å²) in [6.07, 6.45) is 1.02. The number of hydrogen-bond acceptors (Lipinski definition) is 7. The van der Waals surface area contributed by atoms with Crippen molar-refractivity contribution in [3.05, 3.63) is 76.2 Å². The molecule has 0 fully saturated rings. The van der Waals surface area contributed by atoms with E-state index in [1.54, 1.807) is 25.3 Å². The Morgan fingerprint density at radius 3 is 2.39 bits per heavy atom. The van der Waals surface area contributed by atoms with Gasteiger partial charge in [0.2, 0.25) is 5.91 Å². The van der Waals surface area contributed by atoms with Crippen molar-refractivity contribution >= 4 is 28.9 Å². The number of rotatable bonds is 11. The van der Waals surface area contributed by atoms with Gasteiger partial charge in [0.05, 0.1) is 12.3 Å². The molecule has 3 aromatic rings. The fourth-order valence-corrected chi connectivity index (χ4v) is 5.33. The Kier molecular flexibility index (Phi) is 9.31. The zero-order valence-corrected chi connectivity index (χ0v) is 23.2. The highest BCUT2D eigenvalue weighted by atomic mass is 32.1. The molecule has 0 radical (unpaired) electrons. The molecule has 1 aromatic heterocycles. The molecule has 1 aliphatic heterocycles. The number of nitrogens with zero attached hydrogens (tertiary/aromatic N) is 2. The third-order valence-electron chi connectivity index (χ3n) is 6.36. The van der Waals surface area contributed by atoms with E-state index in [4.69, 9.17) is 14.2 Å². The summed E-state index contributed by atoms with van der Waals surface area (Å²) in [6.45, 7) is 7.02. The number of aryl methyl sites for hydroxylation is 1. The lowest BCUT2D eigenvalue weighted by molar-refractivity contribution is -0.156. The van der Waals surface area contributed by atoms with Gasteiger partial charge in [0.25, 0.3) is 0 Å². The standard InChI is InChI=1S/C30H34N2O5S/c1-5-35-26(30(34)36-6-2)18-21-7-13-24(14-8-21)37-19-28-20(3)17-27(38-28)23-11-9-22(10-12-23)25-15-16-29(33)32(4)31-25/h7-14,17,26H,5-6,15-16,18-19H2,1-4H3. The molecule has 0 saturated heterocycles. The van der Waals surface area contributed by atoms with Gasteiger partial charge in [-0.2, -0.15) is 5.10 Å². The van der Waals surface area contributed by atoms with Crippen LogP contribution in [0.15, 0.2) is 59.7 Å². The van der Waals surface area contributed by atoms with Gasteiger partial charge >= 0.3 is 5.97 Å². The fourth-order valence-electron chi connectivity index (χ4n) is 4.24. The van der Waals surface area contributed by atoms with E-state index in [0.29, 0.717) is 39.1 Å². The van der Waals surface area contributed by atoms with E-state index in [1.165, 1.54) is 20.3 Å². The third kappa shape index (κ3) is 6.88. The summed E-state index contributed by atoms with van der Waals surface area (Å²) in [5.41, 5.74) is 5.30. The predicted molar refractivity (Wildman–Crippen MR) is 150 cm³/mol. The van der Waals surface area contributed by atoms with E-state index >= 15 is 0 Å². The van der Waals surface area contributed by atoms with Crippen molar-refractivity contribution in [2.45, 2.75) is 52.7 Å². The lowest BCUT2D eigenvalue weighted by Crippen LogP contribution is -2.28. The van der Waals surface area contributed by atoms with Gasteiger partial charge in [-0.25, -0.2) is 9.80 Å². The van der Waals surface area contributed by atoms with Crippen LogP contribution in [-0.2, 0) is 32.1 Å². The van der Waals surface area contributed by atoms with Crippen LogP contribution in [0.1, 0.15) is 48.3 Å². The smallest absolute Gasteiger partial charge is 0.335 e. The third-order valence-corrected chi connectivity index (χ3v) is 7.62. The second kappa shape index (κ2) is 12.8. The topological polar surface area (TPSA) is 77.4 Å². The zero-order valence-electron chi connectivity index (χ0n) is 22.4. The van der Waals surface area contributed by atoms with Crippen LogP contribution in [-0.4, -0.2) is 49.0 Å². The maximum atomic E-state index is 12.1. The van der Waals surface area contributed by atoms with Crippen LogP contribution in [0.2, 0.25) is 0 Å². The largest absolute Gasteiger partial charge is 0.488 e. The van der Waals surface area contributed by atoms with Crippen molar-refractivity contribution in [1.29, 1.82) is 0 Å². The SMILES string of the molecule is CCOC(=O)C(Cc1ccc(OCc2sc(-c3ccc(C4=NN(C)C(=O)CC4)cc3)cc2C)cc1)OCC. The highest BCUT2D eigenvalue weighted by Crippen LogP contribution is 2.32. The molecule has 0 spiro atoms. The maximum absolute atomic E-state index is 12.1. The zero-order chi connectivity index (χ0) is 27.1. The molecule has 0 bridgehead atoms. The van der Waals surface area contributed by atoms with Crippen molar-refractivity contribution < 1.29 is 23.8 Å². The van der Waals surface area contributed by atoms with Gasteiger partial charge in [-0.3, -0.25) is 4.79 Å². The number of ether oxygens (including phenoxy) is 3. The van der Waals surface area contributed by atoms with Crippen LogP contribution >= 0.6 is 11.3 Å². The lowest BCUT2D eigenvalue weighted by Gasteiger charge is -2.19. The maximum Gasteiger partial charge on any atom is 0.335 e. The molecule has 1 aliphatic rings. The van der Waals surface area contributed by atoms with Gasteiger partial charge in [0, 0.05) is 42.7 Å². The molecule has 2 aromatic carbocycles. The molecule has 4 rings (SSSR count). The highest BCUT2D eigenvalue weighted by molar-refractivity contribution is 7.15. The second-order valence-corrected chi connectivity index (χ2v) is 10.2. The van der Waals surface area contributed by atoms with E-state index in [2.05, 4.69) is 42.4 Å². The molecule has 7 nitrogen and oxygen atoms in total. The van der Waals surface area contributed by atoms with Crippen LogP contribution in [0, 0.1) is 6.92 Å². The van der Waals surface area contributed by atoms with E-state index in [0.717, 1.165) is 28.2 Å². The highest BCUT2D eigenvalue weighted by Gasteiger charge is 2.21. The van der Waals surface area contributed by atoms with Crippen molar-refractivity contribution in [3.8, 4) is 16.2 Å². The number of thiophene rings is 1. The fraction of sp³-hybridized carbons (Fsp3) is 0.367. The molecular weight excluding hydrogens is 500 g/mol. The molecule has 1 unspecified atom stereocenters. The molecule has 1 atom stereocenters. The first-order chi connectivity index (χ1) is 18.4. The number of carbonyl (C=O) groups is 2. The van der Waals surface area contributed by atoms with Crippen LogP contribution in [0.25, 0.3) is 10.4 Å². The Bertz CT molecular complexity index is 1280. The van der Waals surface area contributed by atoms with Gasteiger partial charge in [0.1, 0.15) is 12.4 Å². The van der Waals surface area contributed by atoms with Gasteiger partial charge in [0.15, 0.2) is 6.10 Å². The Balaban J connectivity index is 1.36. The molecule has 8 heteroatoms. The molecule has 0 aliphatic carbocycles. The van der Waals surface area contributed by atoms with Crippen LogP contribution in [0.5, 0.6) is 5.75 Å². The van der Waals surface area contributed by atoms with Gasteiger partial charge < -0.3 is 14.2 Å². The van der Waals surface area contributed by atoms with Gasteiger partial charge in [-0.15, -0.1) is 11.3 Å². The second-order valence-electron chi connectivity index (χ2n) is 9.09. The first kappa shape index (κ1) is 27.5. The minimum absolute atomic E-state index is 0.0503. The van der Waals surface area contributed by atoms with Crippen LogP contribution in [0.4, 0.5) is 0 Å². The normalized spacial score (nSPS) is 14.3. The summed E-state index contributed by atoms with van der Waals surface area (Å²) < 4.78 is 16.8. The van der Waals surface area contributed by atoms with Crippen LogP contribution < -0.4 is 4.74 Å². The molecule has 0 saturated carbocycles. The summed E-state index contributed by atoms with van der Waals surface area (Å²) >= 11 is 1.72. The first-order valence-corrected chi connectivity index (χ1v) is 13.7. The number of hydrazone groups is 1. The van der Waals surface area contributed by atoms with Gasteiger partial charge in [-0.1, -0.05) is 36.4 Å². The molecule has 2 heterocycles. The van der Waals surface area contributed by atoms with E-state index in [1.807, 2.05) is 31.2 Å². The average Bonchev–Trinajstić information content (AvgIpc) is 3.30. The summed E-state index contributed by atoms with van der Waals surface area (Å²) in [4.78, 5) is 26.2. The quantitative estimate of drug-likeness (QED) is 0.292. The van der Waals surface area contributed by atoms with Crippen molar-refractivity contribution in [2.75, 3.05) is 20.3 Å². The molecule has 200 valence electrons. The minimum Gasteiger partial charge on any atom is -0.488 e. The summed E-state index contributed by atoms with van der Waals surface area (Å²) in [5.74, 6) is 0.489. The van der Waals surface area contributed by atoms with Crippen molar-refractivity contribution in [1.82, 2.24) is 5.01 Å². The molecule has 1 amide bonds. The first-order valence-electron chi connectivity index (χ1n) is 12.9. The number of esters is 1. The van der Waals surface area contributed by atoms with E-state index < -0.39 is 6.10 Å². The number of amides is 1. The number of carbonyl (C=O) groups excluding carboxylic acids is 2. The van der Waals surface area contributed by atoms with Crippen molar-refractivity contribution in [2.24, 2.45) is 5.10 Å². The predicted octanol–water partition coefficient (Wildman–Crippen LogP) is 5.77. The summed E-state index contributed by atoms with van der Waals surface area (Å²) in [6, 6.07) is 18.3. The Hall–Kier alpha value is -3.49. The molecule has 0 N–H and O–H groups in total. The van der Waals surface area contributed by atoms with Crippen molar-refractivity contribution in [3.63, 3.8) is 0 Å². The Labute approximate surface area is 228 Å². The Morgan fingerprint density at radius 2 is 1.74 bits per heavy atom. The van der Waals surface area contributed by atoms with Crippen LogP contribution in [0.3, 0.4) is 0 Å². The van der Waals surface area contributed by atoms with Gasteiger partial charge in [-0.05, 0) is 61.2 Å². The minimum atomic E-state index is -0.603. The van der Waals surface area contributed by atoms with E-state index in [-0.39, 0.29) is 11.9 Å². The average molecular weight is 535 g/mol. The molecular formula is C30H34N2O5S. The van der Waals surface area contributed by atoms with E-state index in [9.17, 15) is 9.59 Å². The monoisotopic (exact) mass is 534 g/mol. The lowest BCUT2D eigenvalue weighted by atomic mass is 10.0. The Morgan fingerprint density at radius 1 is 1.03 bits per heavy atom.